The Kier molecular flexibility index (Phi) is 4.72. The number of carbonyl (C=O) groups excluding carboxylic acids is 1. The number of nitro groups is 2. The first-order chi connectivity index (χ1) is 11.3. The summed E-state index contributed by atoms with van der Waals surface area (Å²) in [6.45, 7) is 0. The maximum absolute atomic E-state index is 12.2. The number of nitrogens with zero attached hydrogens (tertiary/aromatic N) is 3. The smallest absolute Gasteiger partial charge is 0.277 e. The van der Waals surface area contributed by atoms with Crippen LogP contribution in [0.1, 0.15) is 15.9 Å². The molecule has 10 heteroatoms. The van der Waals surface area contributed by atoms with E-state index in [2.05, 4.69) is 5.32 Å². The first kappa shape index (κ1) is 16.9. The Morgan fingerprint density at radius 1 is 1.08 bits per heavy atom. The lowest BCUT2D eigenvalue weighted by Crippen LogP contribution is -2.12. The number of rotatable bonds is 4. The number of halogens is 1. The van der Waals surface area contributed by atoms with Crippen LogP contribution in [0.3, 0.4) is 0 Å². The molecule has 0 bridgehead atoms. The molecule has 2 aromatic carbocycles. The average Bonchev–Trinajstić information content (AvgIpc) is 2.54. The summed E-state index contributed by atoms with van der Waals surface area (Å²) in [7, 11) is 0. The number of hydrogen-bond donors (Lipinski definition) is 1. The molecule has 0 unspecified atom stereocenters. The summed E-state index contributed by atoms with van der Waals surface area (Å²) in [6.07, 6.45) is 0. The molecule has 0 aliphatic heterocycles. The van der Waals surface area contributed by atoms with Crippen molar-refractivity contribution in [1.82, 2.24) is 0 Å². The van der Waals surface area contributed by atoms with Gasteiger partial charge < -0.3 is 5.32 Å². The Balaban J connectivity index is 2.36. The van der Waals surface area contributed by atoms with Gasteiger partial charge in [-0.1, -0.05) is 11.6 Å². The largest absolute Gasteiger partial charge is 0.322 e. The van der Waals surface area contributed by atoms with Gasteiger partial charge in [0.15, 0.2) is 0 Å². The SMILES string of the molecule is N#Cc1ccc(NC(=O)c2cc([N+](=O)[O-])cc([N+](=O)[O-])c2)cc1Cl. The number of nitro benzene ring substituents is 2. The second-order valence-corrected chi connectivity index (χ2v) is 4.92. The highest BCUT2D eigenvalue weighted by Crippen LogP contribution is 2.24. The van der Waals surface area contributed by atoms with E-state index in [-0.39, 0.29) is 21.8 Å². The quantitative estimate of drug-likeness (QED) is 0.665. The molecule has 0 saturated carbocycles. The van der Waals surface area contributed by atoms with Gasteiger partial charge in [-0.05, 0) is 18.2 Å². The Morgan fingerprint density at radius 3 is 2.12 bits per heavy atom. The van der Waals surface area contributed by atoms with Crippen molar-refractivity contribution in [2.45, 2.75) is 0 Å². The summed E-state index contributed by atoms with van der Waals surface area (Å²) in [5.41, 5.74) is -0.963. The van der Waals surface area contributed by atoms with E-state index in [1.165, 1.54) is 18.2 Å². The van der Waals surface area contributed by atoms with E-state index in [9.17, 15) is 25.0 Å². The van der Waals surface area contributed by atoms with E-state index in [1.807, 2.05) is 6.07 Å². The fourth-order valence-electron chi connectivity index (χ4n) is 1.82. The minimum absolute atomic E-state index is 0.111. The monoisotopic (exact) mass is 346 g/mol. The molecule has 1 N–H and O–H groups in total. The maximum Gasteiger partial charge on any atom is 0.277 e. The van der Waals surface area contributed by atoms with Crippen molar-refractivity contribution in [3.8, 4) is 6.07 Å². The number of carbonyl (C=O) groups is 1. The van der Waals surface area contributed by atoms with Crippen molar-refractivity contribution in [3.05, 3.63) is 72.8 Å². The summed E-state index contributed by atoms with van der Waals surface area (Å²) in [6, 6.07) is 8.58. The van der Waals surface area contributed by atoms with E-state index >= 15 is 0 Å². The van der Waals surface area contributed by atoms with Crippen LogP contribution in [0.15, 0.2) is 36.4 Å². The molecule has 0 fully saturated rings. The molecule has 24 heavy (non-hydrogen) atoms. The first-order valence-corrected chi connectivity index (χ1v) is 6.64. The zero-order valence-corrected chi connectivity index (χ0v) is 12.5. The first-order valence-electron chi connectivity index (χ1n) is 6.26. The predicted octanol–water partition coefficient (Wildman–Crippen LogP) is 3.28. The van der Waals surface area contributed by atoms with Crippen LogP contribution in [0.25, 0.3) is 0 Å². The van der Waals surface area contributed by atoms with Crippen LogP contribution in [0.5, 0.6) is 0 Å². The second kappa shape index (κ2) is 6.72. The number of nitrogens with one attached hydrogen (secondary N) is 1. The molecular formula is C14H7ClN4O5. The van der Waals surface area contributed by atoms with Gasteiger partial charge in [-0.25, -0.2) is 0 Å². The summed E-state index contributed by atoms with van der Waals surface area (Å²) in [5, 5.41) is 33.0. The fraction of sp³-hybridized carbons (Fsp3) is 0. The molecule has 2 rings (SSSR count). The third kappa shape index (κ3) is 3.63. The van der Waals surface area contributed by atoms with Gasteiger partial charge in [0.1, 0.15) is 6.07 Å². The van der Waals surface area contributed by atoms with E-state index in [0.29, 0.717) is 0 Å². The zero-order valence-electron chi connectivity index (χ0n) is 11.7. The molecular weight excluding hydrogens is 340 g/mol. The summed E-state index contributed by atoms with van der Waals surface area (Å²) in [4.78, 5) is 32.2. The van der Waals surface area contributed by atoms with Gasteiger partial charge in [-0.15, -0.1) is 0 Å². The molecule has 2 aromatic rings. The van der Waals surface area contributed by atoms with Crippen molar-refractivity contribution in [2.75, 3.05) is 5.32 Å². The van der Waals surface area contributed by atoms with Crippen LogP contribution in [-0.4, -0.2) is 15.8 Å². The molecule has 0 spiro atoms. The van der Waals surface area contributed by atoms with Gasteiger partial charge in [0.2, 0.25) is 0 Å². The summed E-state index contributed by atoms with van der Waals surface area (Å²) in [5.74, 6) is -0.789. The van der Waals surface area contributed by atoms with Crippen LogP contribution >= 0.6 is 11.6 Å². The lowest BCUT2D eigenvalue weighted by molar-refractivity contribution is -0.394. The zero-order chi connectivity index (χ0) is 17.9. The lowest BCUT2D eigenvalue weighted by Gasteiger charge is -2.06. The number of nitriles is 1. The van der Waals surface area contributed by atoms with Crippen LogP contribution < -0.4 is 5.32 Å². The highest BCUT2D eigenvalue weighted by atomic mass is 35.5. The van der Waals surface area contributed by atoms with E-state index in [0.717, 1.165) is 18.2 Å². The Hall–Kier alpha value is -3.51. The number of anilines is 1. The molecule has 0 aliphatic rings. The van der Waals surface area contributed by atoms with Crippen LogP contribution in [0, 0.1) is 31.6 Å². The molecule has 0 aromatic heterocycles. The second-order valence-electron chi connectivity index (χ2n) is 4.51. The predicted molar refractivity (Wildman–Crippen MR) is 83.9 cm³/mol. The topological polar surface area (TPSA) is 139 Å². The van der Waals surface area contributed by atoms with Crippen LogP contribution in [0.2, 0.25) is 5.02 Å². The van der Waals surface area contributed by atoms with Gasteiger partial charge >= 0.3 is 0 Å². The Morgan fingerprint density at radius 2 is 1.67 bits per heavy atom. The van der Waals surface area contributed by atoms with Crippen molar-refractivity contribution in [3.63, 3.8) is 0 Å². The molecule has 0 radical (unpaired) electrons. The van der Waals surface area contributed by atoms with Crippen molar-refractivity contribution in [2.24, 2.45) is 0 Å². The maximum atomic E-state index is 12.2. The number of non-ortho nitro benzene ring substituents is 2. The lowest BCUT2D eigenvalue weighted by atomic mass is 10.1. The van der Waals surface area contributed by atoms with Gasteiger partial charge in [0.05, 0.1) is 32.1 Å². The van der Waals surface area contributed by atoms with E-state index in [4.69, 9.17) is 16.9 Å². The Labute approximate surface area is 139 Å². The van der Waals surface area contributed by atoms with Crippen LogP contribution in [0.4, 0.5) is 17.1 Å². The standard InChI is InChI=1S/C14H7ClN4O5/c15-13-5-10(2-1-8(13)7-16)17-14(20)9-3-11(18(21)22)6-12(4-9)19(23)24/h1-6H,(H,17,20). The Bertz CT molecular complexity index is 874. The molecule has 0 heterocycles. The molecule has 9 nitrogen and oxygen atoms in total. The third-order valence-electron chi connectivity index (χ3n) is 2.93. The molecule has 120 valence electrons. The summed E-state index contributed by atoms with van der Waals surface area (Å²) < 4.78 is 0. The fourth-order valence-corrected chi connectivity index (χ4v) is 2.05. The van der Waals surface area contributed by atoms with Gasteiger partial charge in [0, 0.05) is 17.8 Å². The number of amides is 1. The van der Waals surface area contributed by atoms with Crippen molar-refractivity contribution in [1.29, 1.82) is 5.26 Å². The van der Waals surface area contributed by atoms with E-state index < -0.39 is 27.1 Å². The number of benzene rings is 2. The molecule has 0 aliphatic carbocycles. The minimum atomic E-state index is -0.831. The minimum Gasteiger partial charge on any atom is -0.322 e. The van der Waals surface area contributed by atoms with Gasteiger partial charge in [-0.3, -0.25) is 25.0 Å². The summed E-state index contributed by atoms with van der Waals surface area (Å²) >= 11 is 5.84. The molecule has 0 atom stereocenters. The highest BCUT2D eigenvalue weighted by molar-refractivity contribution is 6.32. The average molecular weight is 347 g/mol. The van der Waals surface area contributed by atoms with E-state index in [1.54, 1.807) is 0 Å². The normalized spacial score (nSPS) is 9.83. The van der Waals surface area contributed by atoms with Crippen molar-refractivity contribution < 1.29 is 14.6 Å². The van der Waals surface area contributed by atoms with Gasteiger partial charge in [0.25, 0.3) is 17.3 Å². The molecule has 1 amide bonds. The number of hydrogen-bond acceptors (Lipinski definition) is 6. The third-order valence-corrected chi connectivity index (χ3v) is 3.25. The van der Waals surface area contributed by atoms with Crippen LogP contribution in [-0.2, 0) is 0 Å². The highest BCUT2D eigenvalue weighted by Gasteiger charge is 2.20. The molecule has 0 saturated heterocycles. The van der Waals surface area contributed by atoms with Gasteiger partial charge in [-0.2, -0.15) is 5.26 Å². The van der Waals surface area contributed by atoms with Crippen molar-refractivity contribution >= 4 is 34.6 Å².